The Morgan fingerprint density at radius 2 is 1.25 bits per heavy atom. The third-order valence-corrected chi connectivity index (χ3v) is 9.69. The van der Waals surface area contributed by atoms with Crippen molar-refractivity contribution >= 4 is 38.8 Å². The monoisotopic (exact) mass is 679 g/mol. The summed E-state index contributed by atoms with van der Waals surface area (Å²) in [6.07, 6.45) is 15.9. The Balaban J connectivity index is 1.06. The SMILES string of the molecule is C#CC(=C\C=C(/C)c1ccc2ccc(-c3ccc(-c4cnc5ccccc5c4)cc3)cc2c1)/C1=C\CCC(c2ccccc2)=NC(c2ccccc2)=N1. The predicted molar refractivity (Wildman–Crippen MR) is 224 cm³/mol. The second kappa shape index (κ2) is 15.2. The van der Waals surface area contributed by atoms with Crippen molar-refractivity contribution in [2.75, 3.05) is 0 Å². The van der Waals surface area contributed by atoms with Crippen molar-refractivity contribution < 1.29 is 0 Å². The molecular weight excluding hydrogens is 643 g/mol. The first-order chi connectivity index (χ1) is 26.1. The van der Waals surface area contributed by atoms with Gasteiger partial charge in [0.05, 0.1) is 16.9 Å². The summed E-state index contributed by atoms with van der Waals surface area (Å²) in [5.41, 5.74) is 12.4. The van der Waals surface area contributed by atoms with Crippen LogP contribution in [0, 0.1) is 12.3 Å². The summed E-state index contributed by atoms with van der Waals surface area (Å²) >= 11 is 0. The van der Waals surface area contributed by atoms with Crippen LogP contribution in [0.1, 0.15) is 36.5 Å². The number of aromatic nitrogens is 1. The maximum atomic E-state index is 6.14. The fourth-order valence-corrected chi connectivity index (χ4v) is 6.71. The van der Waals surface area contributed by atoms with E-state index >= 15 is 0 Å². The summed E-state index contributed by atoms with van der Waals surface area (Å²) in [7, 11) is 0. The van der Waals surface area contributed by atoms with Gasteiger partial charge >= 0.3 is 0 Å². The Morgan fingerprint density at radius 1 is 0.585 bits per heavy atom. The normalized spacial score (nSPS) is 14.8. The van der Waals surface area contributed by atoms with Crippen molar-refractivity contribution in [2.24, 2.45) is 9.98 Å². The quantitative estimate of drug-likeness (QED) is 0.122. The van der Waals surface area contributed by atoms with Gasteiger partial charge in [0.2, 0.25) is 0 Å². The molecule has 7 aromatic rings. The van der Waals surface area contributed by atoms with Gasteiger partial charge in [0.15, 0.2) is 5.84 Å². The molecule has 6 aromatic carbocycles. The molecule has 0 unspecified atom stereocenters. The van der Waals surface area contributed by atoms with Crippen LogP contribution in [0.3, 0.4) is 0 Å². The van der Waals surface area contributed by atoms with Crippen molar-refractivity contribution in [3.05, 3.63) is 204 Å². The lowest BCUT2D eigenvalue weighted by molar-refractivity contribution is 1.06. The number of fused-ring (bicyclic) bond motifs is 2. The van der Waals surface area contributed by atoms with Gasteiger partial charge in [0.1, 0.15) is 0 Å². The molecule has 3 heteroatoms. The Bertz CT molecular complexity index is 2650. The maximum Gasteiger partial charge on any atom is 0.160 e. The van der Waals surface area contributed by atoms with E-state index in [9.17, 15) is 0 Å². The van der Waals surface area contributed by atoms with E-state index in [0.29, 0.717) is 5.84 Å². The van der Waals surface area contributed by atoms with Gasteiger partial charge in [0, 0.05) is 28.3 Å². The minimum Gasteiger partial charge on any atom is -0.256 e. The summed E-state index contributed by atoms with van der Waals surface area (Å²) in [5.74, 6) is 3.56. The summed E-state index contributed by atoms with van der Waals surface area (Å²) in [5, 5.41) is 3.52. The maximum absolute atomic E-state index is 6.14. The lowest BCUT2D eigenvalue weighted by Crippen LogP contribution is -2.09. The Hall–Kier alpha value is -6.89. The smallest absolute Gasteiger partial charge is 0.160 e. The molecule has 53 heavy (non-hydrogen) atoms. The van der Waals surface area contributed by atoms with Gasteiger partial charge in [-0.3, -0.25) is 4.98 Å². The molecule has 0 saturated heterocycles. The van der Waals surface area contributed by atoms with Gasteiger partial charge in [-0.25, -0.2) is 9.98 Å². The molecule has 0 spiro atoms. The fraction of sp³-hybridized carbons (Fsp3) is 0.0600. The topological polar surface area (TPSA) is 37.6 Å². The molecule has 0 fully saturated rings. The summed E-state index contributed by atoms with van der Waals surface area (Å²) in [6, 6.07) is 52.8. The molecule has 8 rings (SSSR count). The second-order valence-electron chi connectivity index (χ2n) is 13.2. The molecular formula is C50H37N3. The van der Waals surface area contributed by atoms with Crippen LogP contribution in [0.2, 0.25) is 0 Å². The Labute approximate surface area is 311 Å². The molecule has 0 amide bonds. The number of hydrogen-bond acceptors (Lipinski definition) is 3. The number of amidine groups is 1. The number of allylic oxidation sites excluding steroid dienone is 5. The number of terminal acetylenes is 1. The fourth-order valence-electron chi connectivity index (χ4n) is 6.71. The van der Waals surface area contributed by atoms with Crippen LogP contribution in [0.5, 0.6) is 0 Å². The zero-order chi connectivity index (χ0) is 36.0. The summed E-state index contributed by atoms with van der Waals surface area (Å²) < 4.78 is 0. The van der Waals surface area contributed by atoms with Gasteiger partial charge in [-0.1, -0.05) is 145 Å². The van der Waals surface area contributed by atoms with Gasteiger partial charge < -0.3 is 0 Å². The number of para-hydroxylation sites is 1. The van der Waals surface area contributed by atoms with E-state index < -0.39 is 0 Å². The molecule has 3 nitrogen and oxygen atoms in total. The highest BCUT2D eigenvalue weighted by Gasteiger charge is 2.13. The van der Waals surface area contributed by atoms with Crippen LogP contribution >= 0.6 is 0 Å². The number of pyridine rings is 1. The third kappa shape index (κ3) is 7.45. The highest BCUT2D eigenvalue weighted by Crippen LogP contribution is 2.30. The molecule has 0 bridgehead atoms. The lowest BCUT2D eigenvalue weighted by Gasteiger charge is -2.13. The van der Waals surface area contributed by atoms with Crippen LogP contribution in [0.15, 0.2) is 197 Å². The molecule has 0 radical (unpaired) electrons. The van der Waals surface area contributed by atoms with E-state index in [1.54, 1.807) is 0 Å². The van der Waals surface area contributed by atoms with Gasteiger partial charge in [0.25, 0.3) is 0 Å². The van der Waals surface area contributed by atoms with Crippen molar-refractivity contribution in [3.8, 4) is 34.6 Å². The minimum atomic E-state index is 0.655. The number of benzene rings is 6. The van der Waals surface area contributed by atoms with E-state index in [-0.39, 0.29) is 0 Å². The molecule has 2 heterocycles. The highest BCUT2D eigenvalue weighted by atomic mass is 14.9. The molecule has 0 atom stereocenters. The molecule has 0 saturated carbocycles. The van der Waals surface area contributed by atoms with Crippen LogP contribution in [0.4, 0.5) is 0 Å². The van der Waals surface area contributed by atoms with Crippen LogP contribution in [-0.4, -0.2) is 16.5 Å². The summed E-state index contributed by atoms with van der Waals surface area (Å²) in [6.45, 7) is 2.12. The first-order valence-electron chi connectivity index (χ1n) is 17.9. The average Bonchev–Trinajstić information content (AvgIpc) is 3.21. The highest BCUT2D eigenvalue weighted by molar-refractivity contribution is 6.13. The van der Waals surface area contributed by atoms with Crippen molar-refractivity contribution in [2.45, 2.75) is 19.8 Å². The summed E-state index contributed by atoms with van der Waals surface area (Å²) in [4.78, 5) is 14.8. The average molecular weight is 680 g/mol. The van der Waals surface area contributed by atoms with Gasteiger partial charge in [-0.05, 0) is 94.3 Å². The number of hydrogen-bond donors (Lipinski definition) is 0. The van der Waals surface area contributed by atoms with Gasteiger partial charge in [-0.2, -0.15) is 0 Å². The van der Waals surface area contributed by atoms with E-state index in [4.69, 9.17) is 16.4 Å². The van der Waals surface area contributed by atoms with E-state index in [1.165, 1.54) is 21.9 Å². The van der Waals surface area contributed by atoms with Crippen LogP contribution in [-0.2, 0) is 0 Å². The number of aliphatic imine (C=N–C) groups is 2. The third-order valence-electron chi connectivity index (χ3n) is 9.69. The zero-order valence-corrected chi connectivity index (χ0v) is 29.6. The van der Waals surface area contributed by atoms with Crippen molar-refractivity contribution in [1.29, 1.82) is 0 Å². The van der Waals surface area contributed by atoms with Crippen LogP contribution in [0.25, 0.3) is 49.5 Å². The first kappa shape index (κ1) is 33.3. The molecule has 0 N–H and O–H groups in total. The molecule has 1 aliphatic heterocycles. The predicted octanol–water partition coefficient (Wildman–Crippen LogP) is 12.3. The van der Waals surface area contributed by atoms with E-state index in [2.05, 4.69) is 121 Å². The molecule has 252 valence electrons. The van der Waals surface area contributed by atoms with Gasteiger partial charge in [-0.15, -0.1) is 6.42 Å². The minimum absolute atomic E-state index is 0.655. The number of nitrogens with zero attached hydrogens (tertiary/aromatic N) is 3. The number of rotatable bonds is 7. The van der Waals surface area contributed by atoms with E-state index in [1.807, 2.05) is 72.9 Å². The Kier molecular flexibility index (Phi) is 9.51. The second-order valence-corrected chi connectivity index (χ2v) is 13.2. The largest absolute Gasteiger partial charge is 0.256 e. The van der Waals surface area contributed by atoms with Crippen molar-refractivity contribution in [1.82, 2.24) is 4.98 Å². The first-order valence-corrected chi connectivity index (χ1v) is 17.9. The van der Waals surface area contributed by atoms with Crippen LogP contribution < -0.4 is 0 Å². The van der Waals surface area contributed by atoms with E-state index in [0.717, 1.165) is 74.1 Å². The Morgan fingerprint density at radius 3 is 2.02 bits per heavy atom. The molecule has 1 aliphatic rings. The zero-order valence-electron chi connectivity index (χ0n) is 29.6. The molecule has 0 aliphatic carbocycles. The standard InChI is InChI=1S/C50H37N3/c1-3-36(48-19-12-20-49(40-13-6-4-7-14-40)53-50(52-48)41-15-8-5-9-16-41)22-21-35(2)42-29-27-38-28-30-43(32-45(38)31-42)37-23-25-39(26-24-37)46-33-44-17-10-11-18-47(44)51-34-46/h1,4-11,13-19,21-34H,12,20H2,2H3/b35-21+,36-22+,48-19+,52-50?,53-49?. The van der Waals surface area contributed by atoms with Crippen molar-refractivity contribution in [3.63, 3.8) is 0 Å². The lowest BCUT2D eigenvalue weighted by atomic mass is 9.96. The molecule has 1 aromatic heterocycles.